The summed E-state index contributed by atoms with van der Waals surface area (Å²) in [6.07, 6.45) is 1.65. The maximum atomic E-state index is 11.5. The highest BCUT2D eigenvalue weighted by Crippen LogP contribution is 2.36. The highest BCUT2D eigenvalue weighted by molar-refractivity contribution is 6.74. The number of esters is 1. The van der Waals surface area contributed by atoms with E-state index in [9.17, 15) is 9.90 Å². The third-order valence-corrected chi connectivity index (χ3v) is 8.51. The van der Waals surface area contributed by atoms with Gasteiger partial charge in [0.25, 0.3) is 0 Å². The molecule has 0 bridgehead atoms. The molecule has 0 amide bonds. The molecule has 1 rings (SSSR count). The quantitative estimate of drug-likeness (QED) is 0.643. The number of carbonyl (C=O) groups excluding carboxylic acids is 1. The van der Waals surface area contributed by atoms with Gasteiger partial charge in [0.05, 0.1) is 26.9 Å². The maximum absolute atomic E-state index is 11.5. The number of rotatable bonds is 6. The minimum Gasteiger partial charge on any atom is -0.464 e. The van der Waals surface area contributed by atoms with Crippen LogP contribution in [0.1, 0.15) is 36.8 Å². The average Bonchev–Trinajstić information content (AvgIpc) is 2.79. The lowest BCUT2D eigenvalue weighted by molar-refractivity contribution is 0.0589. The van der Waals surface area contributed by atoms with E-state index < -0.39 is 14.3 Å². The molecule has 21 heavy (non-hydrogen) atoms. The van der Waals surface area contributed by atoms with Crippen molar-refractivity contribution in [2.45, 2.75) is 52.1 Å². The number of aromatic nitrogens is 2. The van der Waals surface area contributed by atoms with E-state index in [1.54, 1.807) is 10.9 Å². The third kappa shape index (κ3) is 4.39. The Kier molecular flexibility index (Phi) is 5.72. The zero-order chi connectivity index (χ0) is 16.3. The summed E-state index contributed by atoms with van der Waals surface area (Å²) in [6.45, 7) is 11.8. The first-order valence-corrected chi connectivity index (χ1v) is 9.92. The van der Waals surface area contributed by atoms with Crippen molar-refractivity contribution < 1.29 is 19.1 Å². The molecule has 0 fully saturated rings. The molecule has 7 heteroatoms. The summed E-state index contributed by atoms with van der Waals surface area (Å²) in [6, 6.07) is 0. The molecule has 0 unspecified atom stereocenters. The molecular formula is C14H26N2O4Si. The first-order valence-electron chi connectivity index (χ1n) is 7.02. The van der Waals surface area contributed by atoms with Crippen LogP contribution in [-0.2, 0) is 22.3 Å². The van der Waals surface area contributed by atoms with Gasteiger partial charge in [-0.15, -0.1) is 0 Å². The molecule has 0 saturated carbocycles. The number of hydrogen-bond acceptors (Lipinski definition) is 5. The lowest BCUT2D eigenvalue weighted by atomic mass is 10.2. The fourth-order valence-corrected chi connectivity index (χ4v) is 2.61. The van der Waals surface area contributed by atoms with Crippen molar-refractivity contribution in [2.75, 3.05) is 13.7 Å². The monoisotopic (exact) mass is 314 g/mol. The van der Waals surface area contributed by atoms with E-state index in [-0.39, 0.29) is 17.3 Å². The van der Waals surface area contributed by atoms with Crippen LogP contribution < -0.4 is 0 Å². The smallest absolute Gasteiger partial charge is 0.358 e. The van der Waals surface area contributed by atoms with Crippen LogP contribution in [0.5, 0.6) is 0 Å². The molecule has 0 aromatic carbocycles. The topological polar surface area (TPSA) is 73.6 Å². The molecule has 1 aromatic heterocycles. The number of nitrogens with zero attached hydrogens (tertiary/aromatic N) is 2. The molecule has 0 atom stereocenters. The fraction of sp³-hybridized carbons (Fsp3) is 0.714. The standard InChI is InChI=1S/C14H26N2O4Si/c1-14(2,3)21(5,6)20-8-7-16-9-11(10-17)12(15-16)13(18)19-4/h9,17H,7-8,10H2,1-6H3. The summed E-state index contributed by atoms with van der Waals surface area (Å²) in [5, 5.41) is 13.6. The highest BCUT2D eigenvalue weighted by Gasteiger charge is 2.36. The second kappa shape index (κ2) is 6.72. The molecule has 1 aromatic rings. The number of methoxy groups -OCH3 is 1. The minimum absolute atomic E-state index is 0.157. The lowest BCUT2D eigenvalue weighted by Crippen LogP contribution is -2.41. The van der Waals surface area contributed by atoms with Gasteiger partial charge < -0.3 is 14.3 Å². The Labute approximate surface area is 127 Å². The van der Waals surface area contributed by atoms with Gasteiger partial charge >= 0.3 is 5.97 Å². The van der Waals surface area contributed by atoms with Crippen LogP contribution in [0.4, 0.5) is 0 Å². The minimum atomic E-state index is -1.78. The Hall–Kier alpha value is -1.18. The largest absolute Gasteiger partial charge is 0.464 e. The summed E-state index contributed by atoms with van der Waals surface area (Å²) in [5.74, 6) is -0.539. The van der Waals surface area contributed by atoms with Crippen molar-refractivity contribution in [3.05, 3.63) is 17.5 Å². The number of hydrogen-bond donors (Lipinski definition) is 1. The Balaban J connectivity index is 2.69. The average molecular weight is 314 g/mol. The van der Waals surface area contributed by atoms with Crippen molar-refractivity contribution in [2.24, 2.45) is 0 Å². The van der Waals surface area contributed by atoms with Crippen LogP contribution in [0.15, 0.2) is 6.20 Å². The van der Waals surface area contributed by atoms with Crippen LogP contribution in [0.2, 0.25) is 18.1 Å². The Morgan fingerprint density at radius 3 is 2.52 bits per heavy atom. The van der Waals surface area contributed by atoms with Gasteiger partial charge in [-0.05, 0) is 18.1 Å². The lowest BCUT2D eigenvalue weighted by Gasteiger charge is -2.36. The zero-order valence-electron chi connectivity index (χ0n) is 13.8. The van der Waals surface area contributed by atoms with Crippen molar-refractivity contribution in [1.82, 2.24) is 9.78 Å². The van der Waals surface area contributed by atoms with Gasteiger partial charge in [0.1, 0.15) is 0 Å². The van der Waals surface area contributed by atoms with Gasteiger partial charge in [0.2, 0.25) is 0 Å². The Morgan fingerprint density at radius 2 is 2.05 bits per heavy atom. The molecule has 0 aliphatic heterocycles. The number of ether oxygens (including phenoxy) is 1. The van der Waals surface area contributed by atoms with Crippen LogP contribution in [0.25, 0.3) is 0 Å². The second-order valence-corrected chi connectivity index (χ2v) is 11.3. The molecule has 0 radical (unpaired) electrons. The molecule has 0 aliphatic carbocycles. The summed E-state index contributed by atoms with van der Waals surface area (Å²) >= 11 is 0. The van der Waals surface area contributed by atoms with Gasteiger partial charge in [-0.1, -0.05) is 20.8 Å². The normalized spacial score (nSPS) is 12.5. The molecule has 6 nitrogen and oxygen atoms in total. The van der Waals surface area contributed by atoms with Crippen LogP contribution in [0, 0.1) is 0 Å². The zero-order valence-corrected chi connectivity index (χ0v) is 14.8. The number of carbonyl (C=O) groups is 1. The summed E-state index contributed by atoms with van der Waals surface area (Å²) in [7, 11) is -0.490. The van der Waals surface area contributed by atoms with Crippen LogP contribution in [-0.4, -0.2) is 42.9 Å². The molecule has 1 heterocycles. The molecule has 0 aliphatic rings. The highest BCUT2D eigenvalue weighted by atomic mass is 28.4. The van der Waals surface area contributed by atoms with Gasteiger partial charge in [0, 0.05) is 11.8 Å². The molecular weight excluding hydrogens is 288 g/mol. The summed E-state index contributed by atoms with van der Waals surface area (Å²) < 4.78 is 12.3. The second-order valence-electron chi connectivity index (χ2n) is 6.52. The van der Waals surface area contributed by atoms with E-state index in [0.29, 0.717) is 18.7 Å². The number of aliphatic hydroxyl groups excluding tert-OH is 1. The predicted molar refractivity (Wildman–Crippen MR) is 82.6 cm³/mol. The van der Waals surface area contributed by atoms with Crippen LogP contribution in [0.3, 0.4) is 0 Å². The first-order chi connectivity index (χ1) is 9.62. The molecule has 0 saturated heterocycles. The number of aliphatic hydroxyl groups is 1. The van der Waals surface area contributed by atoms with E-state index in [1.807, 2.05) is 0 Å². The van der Waals surface area contributed by atoms with E-state index >= 15 is 0 Å². The fourth-order valence-electron chi connectivity index (χ4n) is 1.57. The van der Waals surface area contributed by atoms with Crippen molar-refractivity contribution >= 4 is 14.3 Å². The van der Waals surface area contributed by atoms with E-state index in [1.165, 1.54) is 7.11 Å². The third-order valence-electron chi connectivity index (χ3n) is 3.98. The van der Waals surface area contributed by atoms with Gasteiger partial charge in [-0.2, -0.15) is 5.10 Å². The van der Waals surface area contributed by atoms with E-state index in [4.69, 9.17) is 4.43 Å². The van der Waals surface area contributed by atoms with Crippen molar-refractivity contribution in [3.8, 4) is 0 Å². The molecule has 120 valence electrons. The van der Waals surface area contributed by atoms with E-state index in [2.05, 4.69) is 43.7 Å². The van der Waals surface area contributed by atoms with Crippen molar-refractivity contribution in [1.29, 1.82) is 0 Å². The van der Waals surface area contributed by atoms with E-state index in [0.717, 1.165) is 0 Å². The molecule has 0 spiro atoms. The Morgan fingerprint density at radius 1 is 1.43 bits per heavy atom. The summed E-state index contributed by atoms with van der Waals surface area (Å²) in [5.41, 5.74) is 0.626. The van der Waals surface area contributed by atoms with Gasteiger partial charge in [-0.3, -0.25) is 4.68 Å². The predicted octanol–water partition coefficient (Wildman–Crippen LogP) is 2.18. The van der Waals surface area contributed by atoms with Gasteiger partial charge in [-0.25, -0.2) is 4.79 Å². The van der Waals surface area contributed by atoms with Crippen molar-refractivity contribution in [3.63, 3.8) is 0 Å². The molecule has 1 N–H and O–H groups in total. The van der Waals surface area contributed by atoms with Crippen LogP contribution >= 0.6 is 0 Å². The summed E-state index contributed by atoms with van der Waals surface area (Å²) in [4.78, 5) is 11.5. The Bertz CT molecular complexity index is 492. The maximum Gasteiger partial charge on any atom is 0.358 e. The first kappa shape index (κ1) is 17.9. The SMILES string of the molecule is COC(=O)c1nn(CCO[Si](C)(C)C(C)(C)C)cc1CO. The van der Waals surface area contributed by atoms with Gasteiger partial charge in [0.15, 0.2) is 14.0 Å².